The number of aromatic nitrogens is 1. The number of rotatable bonds is 6. The molecule has 1 saturated heterocycles. The van der Waals surface area contributed by atoms with Crippen molar-refractivity contribution in [2.75, 3.05) is 39.8 Å². The third kappa shape index (κ3) is 4.46. The van der Waals surface area contributed by atoms with Gasteiger partial charge in [-0.3, -0.25) is 14.7 Å². The van der Waals surface area contributed by atoms with Crippen LogP contribution in [0.25, 0.3) is 10.8 Å². The molecule has 0 saturated carbocycles. The molecule has 2 heterocycles. The van der Waals surface area contributed by atoms with Gasteiger partial charge in [-0.15, -0.1) is 0 Å². The summed E-state index contributed by atoms with van der Waals surface area (Å²) in [6, 6.07) is 18.5. The van der Waals surface area contributed by atoms with E-state index in [9.17, 15) is 4.79 Å². The number of ketones is 1. The van der Waals surface area contributed by atoms with Crippen molar-refractivity contribution in [3.8, 4) is 0 Å². The predicted octanol–water partition coefficient (Wildman–Crippen LogP) is 3.38. The minimum absolute atomic E-state index is 0.0854. The predicted molar refractivity (Wildman–Crippen MR) is 114 cm³/mol. The van der Waals surface area contributed by atoms with E-state index >= 15 is 0 Å². The van der Waals surface area contributed by atoms with E-state index in [4.69, 9.17) is 0 Å². The lowest BCUT2D eigenvalue weighted by Gasteiger charge is -2.34. The molecule has 0 bridgehead atoms. The van der Waals surface area contributed by atoms with E-state index in [1.165, 1.54) is 0 Å². The van der Waals surface area contributed by atoms with E-state index in [-0.39, 0.29) is 5.92 Å². The van der Waals surface area contributed by atoms with Crippen LogP contribution in [0, 0.1) is 0 Å². The largest absolute Gasteiger partial charge is 0.304 e. The zero-order chi connectivity index (χ0) is 19.3. The van der Waals surface area contributed by atoms with Gasteiger partial charge in [0.2, 0.25) is 0 Å². The second-order valence-electron chi connectivity index (χ2n) is 7.77. The van der Waals surface area contributed by atoms with Gasteiger partial charge in [-0.05, 0) is 29.6 Å². The third-order valence-electron chi connectivity index (χ3n) is 5.71. The molecule has 1 fully saturated rings. The summed E-state index contributed by atoms with van der Waals surface area (Å²) in [6.45, 7) is 4.98. The second kappa shape index (κ2) is 8.63. The summed E-state index contributed by atoms with van der Waals surface area (Å²) >= 11 is 0. The topological polar surface area (TPSA) is 36.4 Å². The Morgan fingerprint density at radius 3 is 2.57 bits per heavy atom. The highest BCUT2D eigenvalue weighted by molar-refractivity contribution is 5.89. The standard InChI is InChI=1S/C24H27N3O/c1-26-11-13-27(14-12-26)18-23(20-5-3-2-4-6-20)24(28)16-19-7-8-22-17-25-10-9-21(22)15-19/h2-10,15,17,23H,11-14,16,18H2,1H3. The summed E-state index contributed by atoms with van der Waals surface area (Å²) < 4.78 is 0. The van der Waals surface area contributed by atoms with E-state index < -0.39 is 0 Å². The van der Waals surface area contributed by atoms with Crippen LogP contribution < -0.4 is 0 Å². The van der Waals surface area contributed by atoms with Crippen molar-refractivity contribution in [3.63, 3.8) is 0 Å². The Morgan fingerprint density at radius 1 is 1.00 bits per heavy atom. The van der Waals surface area contributed by atoms with Gasteiger partial charge in [0.25, 0.3) is 0 Å². The lowest BCUT2D eigenvalue weighted by Crippen LogP contribution is -2.46. The molecular formula is C24H27N3O. The first kappa shape index (κ1) is 18.8. The minimum Gasteiger partial charge on any atom is -0.304 e. The van der Waals surface area contributed by atoms with E-state index in [2.05, 4.69) is 52.2 Å². The lowest BCUT2D eigenvalue weighted by atomic mass is 9.90. The summed E-state index contributed by atoms with van der Waals surface area (Å²) in [6.07, 6.45) is 4.13. The molecule has 1 aliphatic heterocycles. The van der Waals surface area contributed by atoms with Gasteiger partial charge in [0.15, 0.2) is 0 Å². The molecule has 0 aliphatic carbocycles. The smallest absolute Gasteiger partial charge is 0.145 e. The first-order valence-electron chi connectivity index (χ1n) is 10.0. The van der Waals surface area contributed by atoms with Gasteiger partial charge in [-0.25, -0.2) is 0 Å². The van der Waals surface area contributed by atoms with E-state index in [0.29, 0.717) is 12.2 Å². The number of carbonyl (C=O) groups is 1. The van der Waals surface area contributed by atoms with Crippen LogP contribution in [-0.4, -0.2) is 60.3 Å². The van der Waals surface area contributed by atoms with Crippen LogP contribution in [-0.2, 0) is 11.2 Å². The number of nitrogens with zero attached hydrogens (tertiary/aromatic N) is 3. The number of pyridine rings is 1. The Bertz CT molecular complexity index is 933. The number of hydrogen-bond acceptors (Lipinski definition) is 4. The summed E-state index contributed by atoms with van der Waals surface area (Å²) in [5, 5.41) is 2.24. The Labute approximate surface area is 166 Å². The zero-order valence-corrected chi connectivity index (χ0v) is 16.4. The Morgan fingerprint density at radius 2 is 1.79 bits per heavy atom. The molecule has 28 heavy (non-hydrogen) atoms. The Balaban J connectivity index is 1.53. The van der Waals surface area contributed by atoms with Crippen molar-refractivity contribution < 1.29 is 4.79 Å². The van der Waals surface area contributed by atoms with Crippen LogP contribution >= 0.6 is 0 Å². The number of piperazine rings is 1. The van der Waals surface area contributed by atoms with Gasteiger partial charge >= 0.3 is 0 Å². The SMILES string of the molecule is CN1CCN(CC(C(=O)Cc2ccc3cnccc3c2)c2ccccc2)CC1. The molecule has 0 spiro atoms. The molecule has 0 N–H and O–H groups in total. The maximum absolute atomic E-state index is 13.3. The number of likely N-dealkylation sites (N-methyl/N-ethyl adjacent to an activating group) is 1. The van der Waals surface area contributed by atoms with Crippen LogP contribution in [0.15, 0.2) is 67.0 Å². The number of Topliss-reactive ketones (excluding diaryl/α,β-unsaturated/α-hetero) is 1. The molecular weight excluding hydrogens is 346 g/mol. The fraction of sp³-hybridized carbons (Fsp3) is 0.333. The first-order chi connectivity index (χ1) is 13.7. The minimum atomic E-state index is -0.0854. The number of benzene rings is 2. The molecule has 3 aromatic rings. The van der Waals surface area contributed by atoms with Crippen molar-refractivity contribution in [1.29, 1.82) is 0 Å². The fourth-order valence-electron chi connectivity index (χ4n) is 3.93. The van der Waals surface area contributed by atoms with Crippen LogP contribution in [0.2, 0.25) is 0 Å². The van der Waals surface area contributed by atoms with Crippen molar-refractivity contribution in [3.05, 3.63) is 78.1 Å². The van der Waals surface area contributed by atoms with Crippen LogP contribution in [0.4, 0.5) is 0 Å². The van der Waals surface area contributed by atoms with E-state index in [1.54, 1.807) is 6.20 Å². The van der Waals surface area contributed by atoms with Crippen molar-refractivity contribution in [2.24, 2.45) is 0 Å². The van der Waals surface area contributed by atoms with Gasteiger partial charge in [0.05, 0.1) is 5.92 Å². The highest BCUT2D eigenvalue weighted by atomic mass is 16.1. The van der Waals surface area contributed by atoms with Gasteiger partial charge in [0, 0.05) is 56.9 Å². The average molecular weight is 374 g/mol. The summed E-state index contributed by atoms with van der Waals surface area (Å²) in [5.41, 5.74) is 2.19. The molecule has 1 aromatic heterocycles. The van der Waals surface area contributed by atoms with Crippen molar-refractivity contribution in [2.45, 2.75) is 12.3 Å². The maximum atomic E-state index is 13.3. The second-order valence-corrected chi connectivity index (χ2v) is 7.77. The average Bonchev–Trinajstić information content (AvgIpc) is 2.74. The van der Waals surface area contributed by atoms with Gasteiger partial charge in [-0.2, -0.15) is 0 Å². The van der Waals surface area contributed by atoms with Crippen LogP contribution in [0.3, 0.4) is 0 Å². The summed E-state index contributed by atoms with van der Waals surface area (Å²) in [4.78, 5) is 22.3. The van der Waals surface area contributed by atoms with Gasteiger partial charge in [0.1, 0.15) is 5.78 Å². The van der Waals surface area contributed by atoms with Crippen LogP contribution in [0.1, 0.15) is 17.0 Å². The number of hydrogen-bond donors (Lipinski definition) is 0. The molecule has 4 nitrogen and oxygen atoms in total. The molecule has 4 rings (SSSR count). The molecule has 1 atom stereocenters. The van der Waals surface area contributed by atoms with Crippen LogP contribution in [0.5, 0.6) is 0 Å². The van der Waals surface area contributed by atoms with Gasteiger partial charge < -0.3 is 4.90 Å². The molecule has 0 radical (unpaired) electrons. The summed E-state index contributed by atoms with van der Waals surface area (Å²) in [7, 11) is 2.16. The Hall–Kier alpha value is -2.56. The highest BCUT2D eigenvalue weighted by Gasteiger charge is 2.25. The number of fused-ring (bicyclic) bond motifs is 1. The zero-order valence-electron chi connectivity index (χ0n) is 16.4. The molecule has 1 aliphatic rings. The molecule has 0 amide bonds. The maximum Gasteiger partial charge on any atom is 0.145 e. The third-order valence-corrected chi connectivity index (χ3v) is 5.71. The normalized spacial score (nSPS) is 16.9. The quantitative estimate of drug-likeness (QED) is 0.664. The molecule has 4 heteroatoms. The first-order valence-corrected chi connectivity index (χ1v) is 10.0. The van der Waals surface area contributed by atoms with Crippen molar-refractivity contribution in [1.82, 2.24) is 14.8 Å². The molecule has 2 aromatic carbocycles. The van der Waals surface area contributed by atoms with Gasteiger partial charge in [-0.1, -0.05) is 48.5 Å². The molecule has 1 unspecified atom stereocenters. The molecule has 144 valence electrons. The lowest BCUT2D eigenvalue weighted by molar-refractivity contribution is -0.120. The number of carbonyl (C=O) groups excluding carboxylic acids is 1. The fourth-order valence-corrected chi connectivity index (χ4v) is 3.93. The summed E-state index contributed by atoms with van der Waals surface area (Å²) in [5.74, 6) is 0.205. The highest BCUT2D eigenvalue weighted by Crippen LogP contribution is 2.22. The Kier molecular flexibility index (Phi) is 5.79. The van der Waals surface area contributed by atoms with E-state index in [0.717, 1.165) is 54.6 Å². The van der Waals surface area contributed by atoms with Crippen molar-refractivity contribution >= 4 is 16.6 Å². The van der Waals surface area contributed by atoms with E-state index in [1.807, 2.05) is 30.5 Å². The monoisotopic (exact) mass is 373 g/mol.